The first-order chi connectivity index (χ1) is 7.29. The van der Waals surface area contributed by atoms with Gasteiger partial charge in [-0.15, -0.1) is 0 Å². The van der Waals surface area contributed by atoms with E-state index in [1.54, 1.807) is 11.0 Å². The quantitative estimate of drug-likeness (QED) is 0.754. The van der Waals surface area contributed by atoms with Crippen LogP contribution in [0, 0.1) is 0 Å². The molecule has 0 radical (unpaired) electrons. The van der Waals surface area contributed by atoms with Crippen LogP contribution in [-0.2, 0) is 11.3 Å². The van der Waals surface area contributed by atoms with E-state index in [0.29, 0.717) is 19.7 Å². The Morgan fingerprint density at radius 3 is 2.67 bits per heavy atom. The second-order valence-electron chi connectivity index (χ2n) is 3.48. The third-order valence-electron chi connectivity index (χ3n) is 2.43. The van der Waals surface area contributed by atoms with Crippen molar-refractivity contribution in [3.63, 3.8) is 0 Å². The normalized spacial score (nSPS) is 15.2. The molecule has 0 atom stereocenters. The molecule has 2 rings (SSSR count). The minimum atomic E-state index is -0.220. The van der Waals surface area contributed by atoms with E-state index in [4.69, 9.17) is 4.74 Å². The summed E-state index contributed by atoms with van der Waals surface area (Å²) < 4.78 is 4.85. The predicted molar refractivity (Wildman–Crippen MR) is 58.3 cm³/mol. The summed E-state index contributed by atoms with van der Waals surface area (Å²) in [5, 5.41) is 0. The number of ether oxygens (including phenoxy) is 1. The molecule has 1 aliphatic rings. The Morgan fingerprint density at radius 1 is 1.40 bits per heavy atom. The molecule has 0 saturated carbocycles. The van der Waals surface area contributed by atoms with E-state index >= 15 is 0 Å². The number of hydrogen-bond acceptors (Lipinski definition) is 2. The SMILES string of the molecule is C=Cc1ccc(CN2CCOC2=O)cc1. The van der Waals surface area contributed by atoms with Gasteiger partial charge in [-0.25, -0.2) is 4.79 Å². The number of amides is 1. The number of hydrogen-bond donors (Lipinski definition) is 0. The summed E-state index contributed by atoms with van der Waals surface area (Å²) in [4.78, 5) is 12.9. The molecule has 1 aromatic carbocycles. The van der Waals surface area contributed by atoms with Gasteiger partial charge in [0, 0.05) is 6.54 Å². The van der Waals surface area contributed by atoms with Crippen LogP contribution in [0.25, 0.3) is 6.08 Å². The summed E-state index contributed by atoms with van der Waals surface area (Å²) >= 11 is 0. The van der Waals surface area contributed by atoms with Crippen molar-refractivity contribution in [1.82, 2.24) is 4.90 Å². The maximum absolute atomic E-state index is 11.2. The first-order valence-corrected chi connectivity index (χ1v) is 4.92. The fourth-order valence-electron chi connectivity index (χ4n) is 1.55. The molecule has 1 aromatic rings. The van der Waals surface area contributed by atoms with Crippen molar-refractivity contribution in [1.29, 1.82) is 0 Å². The van der Waals surface area contributed by atoms with Crippen LogP contribution in [0.5, 0.6) is 0 Å². The number of carbonyl (C=O) groups is 1. The summed E-state index contributed by atoms with van der Waals surface area (Å²) in [5.74, 6) is 0. The lowest BCUT2D eigenvalue weighted by Crippen LogP contribution is -2.23. The van der Waals surface area contributed by atoms with Gasteiger partial charge >= 0.3 is 6.09 Å². The van der Waals surface area contributed by atoms with Gasteiger partial charge in [-0.2, -0.15) is 0 Å². The highest BCUT2D eigenvalue weighted by molar-refractivity contribution is 5.69. The van der Waals surface area contributed by atoms with Gasteiger partial charge in [0.1, 0.15) is 6.61 Å². The third-order valence-corrected chi connectivity index (χ3v) is 2.43. The molecular formula is C12H13NO2. The lowest BCUT2D eigenvalue weighted by molar-refractivity contribution is 0.157. The minimum Gasteiger partial charge on any atom is -0.448 e. The summed E-state index contributed by atoms with van der Waals surface area (Å²) in [6.45, 7) is 5.50. The van der Waals surface area contributed by atoms with Crippen LogP contribution in [0.15, 0.2) is 30.8 Å². The first-order valence-electron chi connectivity index (χ1n) is 4.92. The van der Waals surface area contributed by atoms with Gasteiger partial charge in [0.25, 0.3) is 0 Å². The van der Waals surface area contributed by atoms with Gasteiger partial charge in [-0.1, -0.05) is 36.9 Å². The van der Waals surface area contributed by atoms with Crippen LogP contribution in [-0.4, -0.2) is 24.1 Å². The third kappa shape index (κ3) is 2.18. The molecule has 1 aliphatic heterocycles. The van der Waals surface area contributed by atoms with Crippen LogP contribution in [0.2, 0.25) is 0 Å². The maximum Gasteiger partial charge on any atom is 0.410 e. The molecule has 1 amide bonds. The van der Waals surface area contributed by atoms with Crippen LogP contribution in [0.1, 0.15) is 11.1 Å². The standard InChI is InChI=1S/C12H13NO2/c1-2-10-3-5-11(6-4-10)9-13-7-8-15-12(13)14/h2-6H,1,7-9H2. The average molecular weight is 203 g/mol. The molecule has 0 unspecified atom stereocenters. The smallest absolute Gasteiger partial charge is 0.410 e. The lowest BCUT2D eigenvalue weighted by Gasteiger charge is -2.12. The Kier molecular flexibility index (Phi) is 2.72. The minimum absolute atomic E-state index is 0.220. The summed E-state index contributed by atoms with van der Waals surface area (Å²) in [7, 11) is 0. The fourth-order valence-corrected chi connectivity index (χ4v) is 1.55. The molecule has 0 N–H and O–H groups in total. The highest BCUT2D eigenvalue weighted by atomic mass is 16.6. The van der Waals surface area contributed by atoms with Crippen molar-refractivity contribution in [3.05, 3.63) is 42.0 Å². The molecular weight excluding hydrogens is 190 g/mol. The first kappa shape index (κ1) is 9.77. The zero-order chi connectivity index (χ0) is 10.7. The van der Waals surface area contributed by atoms with E-state index in [1.165, 1.54) is 0 Å². The maximum atomic E-state index is 11.2. The van der Waals surface area contributed by atoms with E-state index in [0.717, 1.165) is 11.1 Å². The number of cyclic esters (lactones) is 1. The number of carbonyl (C=O) groups excluding carboxylic acids is 1. The molecule has 3 nitrogen and oxygen atoms in total. The van der Waals surface area contributed by atoms with Crippen LogP contribution < -0.4 is 0 Å². The van der Waals surface area contributed by atoms with Gasteiger partial charge in [-0.05, 0) is 11.1 Å². The number of nitrogens with zero attached hydrogens (tertiary/aromatic N) is 1. The van der Waals surface area contributed by atoms with Crippen molar-refractivity contribution in [2.45, 2.75) is 6.54 Å². The van der Waals surface area contributed by atoms with Crippen molar-refractivity contribution in [3.8, 4) is 0 Å². The van der Waals surface area contributed by atoms with Gasteiger partial charge < -0.3 is 9.64 Å². The largest absolute Gasteiger partial charge is 0.448 e. The van der Waals surface area contributed by atoms with E-state index in [-0.39, 0.29) is 6.09 Å². The van der Waals surface area contributed by atoms with Crippen LogP contribution >= 0.6 is 0 Å². The molecule has 15 heavy (non-hydrogen) atoms. The molecule has 1 saturated heterocycles. The highest BCUT2D eigenvalue weighted by Gasteiger charge is 2.21. The zero-order valence-corrected chi connectivity index (χ0v) is 8.48. The van der Waals surface area contributed by atoms with Crippen molar-refractivity contribution in [2.24, 2.45) is 0 Å². The molecule has 0 spiro atoms. The Hall–Kier alpha value is -1.77. The van der Waals surface area contributed by atoms with Crippen LogP contribution in [0.4, 0.5) is 4.79 Å². The van der Waals surface area contributed by atoms with E-state index < -0.39 is 0 Å². The van der Waals surface area contributed by atoms with Gasteiger partial charge in [0.2, 0.25) is 0 Å². The second-order valence-corrected chi connectivity index (χ2v) is 3.48. The summed E-state index contributed by atoms with van der Waals surface area (Å²) in [6, 6.07) is 7.98. The summed E-state index contributed by atoms with van der Waals surface area (Å²) in [6.07, 6.45) is 1.58. The Morgan fingerprint density at radius 2 is 2.13 bits per heavy atom. The van der Waals surface area contributed by atoms with Gasteiger partial charge in [-0.3, -0.25) is 0 Å². The summed E-state index contributed by atoms with van der Waals surface area (Å²) in [5.41, 5.74) is 2.20. The molecule has 0 aromatic heterocycles. The lowest BCUT2D eigenvalue weighted by atomic mass is 10.1. The molecule has 0 bridgehead atoms. The molecule has 1 heterocycles. The predicted octanol–water partition coefficient (Wildman–Crippen LogP) is 2.28. The fraction of sp³-hybridized carbons (Fsp3) is 0.250. The van der Waals surface area contributed by atoms with Crippen molar-refractivity contribution in [2.75, 3.05) is 13.2 Å². The monoisotopic (exact) mass is 203 g/mol. The van der Waals surface area contributed by atoms with Crippen molar-refractivity contribution < 1.29 is 9.53 Å². The second kappa shape index (κ2) is 4.17. The molecule has 3 heteroatoms. The van der Waals surface area contributed by atoms with E-state index in [2.05, 4.69) is 6.58 Å². The van der Waals surface area contributed by atoms with Crippen molar-refractivity contribution >= 4 is 12.2 Å². The van der Waals surface area contributed by atoms with E-state index in [1.807, 2.05) is 24.3 Å². The topological polar surface area (TPSA) is 29.5 Å². The molecule has 78 valence electrons. The Labute approximate surface area is 89.0 Å². The Bertz CT molecular complexity index is 370. The van der Waals surface area contributed by atoms with Gasteiger partial charge in [0.05, 0.1) is 6.54 Å². The zero-order valence-electron chi connectivity index (χ0n) is 8.48. The highest BCUT2D eigenvalue weighted by Crippen LogP contribution is 2.11. The van der Waals surface area contributed by atoms with E-state index in [9.17, 15) is 4.79 Å². The molecule has 1 fully saturated rings. The average Bonchev–Trinajstić information content (AvgIpc) is 2.66. The Balaban J connectivity index is 2.04. The number of benzene rings is 1. The van der Waals surface area contributed by atoms with Crippen LogP contribution in [0.3, 0.4) is 0 Å². The molecule has 0 aliphatic carbocycles. The number of rotatable bonds is 3. The van der Waals surface area contributed by atoms with Gasteiger partial charge in [0.15, 0.2) is 0 Å².